The molecular formula is C17H26N4. The zero-order valence-electron chi connectivity index (χ0n) is 13.1. The molecule has 3 rings (SSSR count). The maximum Gasteiger partial charge on any atom is 0.150 e. The second-order valence-corrected chi connectivity index (χ2v) is 5.21. The molecule has 0 saturated carbocycles. The summed E-state index contributed by atoms with van der Waals surface area (Å²) < 4.78 is 1.99. The molecule has 114 valence electrons. The average molecular weight is 286 g/mol. The first kappa shape index (κ1) is 15.6. The lowest BCUT2D eigenvalue weighted by Crippen LogP contribution is -2.43. The summed E-state index contributed by atoms with van der Waals surface area (Å²) in [5, 5.41) is 4.65. The van der Waals surface area contributed by atoms with Gasteiger partial charge in [0.2, 0.25) is 0 Å². The fourth-order valence-corrected chi connectivity index (χ4v) is 2.60. The van der Waals surface area contributed by atoms with Crippen molar-refractivity contribution in [3.8, 4) is 0 Å². The van der Waals surface area contributed by atoms with E-state index in [1.165, 1.54) is 5.56 Å². The van der Waals surface area contributed by atoms with Crippen molar-refractivity contribution in [1.29, 1.82) is 0 Å². The zero-order valence-corrected chi connectivity index (χ0v) is 13.1. The Kier molecular flexibility index (Phi) is 5.81. The molecule has 1 aromatic carbocycles. The van der Waals surface area contributed by atoms with Crippen LogP contribution in [0, 0.1) is 0 Å². The lowest BCUT2D eigenvalue weighted by Gasteiger charge is -2.30. The molecule has 2 N–H and O–H groups in total. The van der Waals surface area contributed by atoms with Crippen molar-refractivity contribution in [2.24, 2.45) is 5.73 Å². The van der Waals surface area contributed by atoms with Gasteiger partial charge < -0.3 is 10.6 Å². The van der Waals surface area contributed by atoms with Gasteiger partial charge in [-0.15, -0.1) is 0 Å². The predicted octanol–water partition coefficient (Wildman–Crippen LogP) is 2.89. The highest BCUT2D eigenvalue weighted by Gasteiger charge is 2.18. The van der Waals surface area contributed by atoms with E-state index in [1.807, 2.05) is 30.8 Å². The highest BCUT2D eigenvalue weighted by Crippen LogP contribution is 2.17. The molecule has 4 heteroatoms. The molecule has 0 aliphatic carbocycles. The molecule has 1 aromatic heterocycles. The van der Waals surface area contributed by atoms with Crippen LogP contribution in [0.2, 0.25) is 0 Å². The summed E-state index contributed by atoms with van der Waals surface area (Å²) in [6.07, 6.45) is 4.33. The van der Waals surface area contributed by atoms with Crippen molar-refractivity contribution in [3.63, 3.8) is 0 Å². The standard InChI is InChI=1S/C15H20N4.C2H6/c16-14-7-4-9-18(12-14)15-8-10-19(17-15)11-13-5-2-1-3-6-13;1-2/h1-3,5-6,8,10,14H,4,7,9,11-12,16H2;1-2H3. The summed E-state index contributed by atoms with van der Waals surface area (Å²) in [7, 11) is 0. The molecule has 1 saturated heterocycles. The lowest BCUT2D eigenvalue weighted by molar-refractivity contribution is 0.500. The van der Waals surface area contributed by atoms with E-state index in [1.54, 1.807) is 0 Å². The van der Waals surface area contributed by atoms with Gasteiger partial charge in [0.1, 0.15) is 0 Å². The molecule has 1 aliphatic rings. The summed E-state index contributed by atoms with van der Waals surface area (Å²) >= 11 is 0. The van der Waals surface area contributed by atoms with Crippen LogP contribution in [-0.2, 0) is 6.54 Å². The van der Waals surface area contributed by atoms with Gasteiger partial charge >= 0.3 is 0 Å². The second-order valence-electron chi connectivity index (χ2n) is 5.21. The van der Waals surface area contributed by atoms with E-state index in [9.17, 15) is 0 Å². The van der Waals surface area contributed by atoms with Gasteiger partial charge in [0.15, 0.2) is 5.82 Å². The van der Waals surface area contributed by atoms with E-state index in [4.69, 9.17) is 5.73 Å². The van der Waals surface area contributed by atoms with E-state index >= 15 is 0 Å². The van der Waals surface area contributed by atoms with E-state index in [-0.39, 0.29) is 6.04 Å². The van der Waals surface area contributed by atoms with E-state index in [0.717, 1.165) is 38.3 Å². The highest BCUT2D eigenvalue weighted by molar-refractivity contribution is 5.38. The van der Waals surface area contributed by atoms with Crippen LogP contribution >= 0.6 is 0 Å². The maximum atomic E-state index is 6.02. The van der Waals surface area contributed by atoms with E-state index in [0.29, 0.717) is 0 Å². The van der Waals surface area contributed by atoms with Crippen LogP contribution in [-0.4, -0.2) is 28.9 Å². The van der Waals surface area contributed by atoms with Crippen molar-refractivity contribution in [1.82, 2.24) is 9.78 Å². The lowest BCUT2D eigenvalue weighted by atomic mass is 10.1. The number of hydrogen-bond acceptors (Lipinski definition) is 3. The first-order valence-corrected chi connectivity index (χ1v) is 7.89. The topological polar surface area (TPSA) is 47.1 Å². The first-order valence-electron chi connectivity index (χ1n) is 7.89. The maximum absolute atomic E-state index is 6.02. The monoisotopic (exact) mass is 286 g/mol. The summed E-state index contributed by atoms with van der Waals surface area (Å²) in [5.74, 6) is 1.05. The van der Waals surface area contributed by atoms with Gasteiger partial charge in [-0.1, -0.05) is 44.2 Å². The third kappa shape index (κ3) is 4.33. The number of piperidine rings is 1. The van der Waals surface area contributed by atoms with Crippen LogP contribution in [0.3, 0.4) is 0 Å². The Morgan fingerprint density at radius 3 is 2.67 bits per heavy atom. The van der Waals surface area contributed by atoms with Crippen LogP contribution in [0.25, 0.3) is 0 Å². The number of hydrogen-bond donors (Lipinski definition) is 1. The molecule has 1 unspecified atom stereocenters. The minimum Gasteiger partial charge on any atom is -0.354 e. The third-order valence-electron chi connectivity index (χ3n) is 3.60. The molecular weight excluding hydrogens is 260 g/mol. The number of rotatable bonds is 3. The Balaban J connectivity index is 0.000000774. The normalized spacial score (nSPS) is 18.0. The van der Waals surface area contributed by atoms with Gasteiger partial charge in [-0.25, -0.2) is 0 Å². The molecule has 0 bridgehead atoms. The van der Waals surface area contributed by atoms with Crippen LogP contribution < -0.4 is 10.6 Å². The zero-order chi connectivity index (χ0) is 15.1. The summed E-state index contributed by atoms with van der Waals surface area (Å²) in [6, 6.07) is 12.8. The Morgan fingerprint density at radius 2 is 1.95 bits per heavy atom. The van der Waals surface area contributed by atoms with Crippen LogP contribution in [0.15, 0.2) is 42.6 Å². The van der Waals surface area contributed by atoms with Gasteiger partial charge in [0, 0.05) is 31.4 Å². The number of nitrogens with two attached hydrogens (primary N) is 1. The Morgan fingerprint density at radius 1 is 1.19 bits per heavy atom. The molecule has 4 nitrogen and oxygen atoms in total. The molecule has 1 atom stereocenters. The van der Waals surface area contributed by atoms with Gasteiger partial charge in [-0.05, 0) is 18.4 Å². The van der Waals surface area contributed by atoms with Crippen molar-refractivity contribution in [2.75, 3.05) is 18.0 Å². The molecule has 1 aliphatic heterocycles. The van der Waals surface area contributed by atoms with Crippen molar-refractivity contribution in [3.05, 3.63) is 48.2 Å². The molecule has 0 radical (unpaired) electrons. The van der Waals surface area contributed by atoms with Crippen molar-refractivity contribution < 1.29 is 0 Å². The SMILES string of the molecule is CC.NC1CCCN(c2ccn(Cc3ccccc3)n2)C1. The molecule has 1 fully saturated rings. The first-order chi connectivity index (χ1) is 10.3. The summed E-state index contributed by atoms with van der Waals surface area (Å²) in [5.41, 5.74) is 7.29. The Labute approximate surface area is 127 Å². The van der Waals surface area contributed by atoms with E-state index in [2.05, 4.69) is 40.3 Å². The minimum atomic E-state index is 0.285. The Hall–Kier alpha value is -1.81. The van der Waals surface area contributed by atoms with Gasteiger partial charge in [0.05, 0.1) is 6.54 Å². The highest BCUT2D eigenvalue weighted by atomic mass is 15.3. The molecule has 2 heterocycles. The quantitative estimate of drug-likeness (QED) is 0.943. The largest absolute Gasteiger partial charge is 0.354 e. The van der Waals surface area contributed by atoms with Gasteiger partial charge in [0.25, 0.3) is 0 Å². The van der Waals surface area contributed by atoms with Gasteiger partial charge in [-0.2, -0.15) is 5.10 Å². The van der Waals surface area contributed by atoms with Crippen LogP contribution in [0.1, 0.15) is 32.3 Å². The number of nitrogens with zero attached hydrogens (tertiary/aromatic N) is 3. The van der Waals surface area contributed by atoms with Crippen molar-refractivity contribution in [2.45, 2.75) is 39.3 Å². The van der Waals surface area contributed by atoms with Gasteiger partial charge in [-0.3, -0.25) is 4.68 Å². The fourth-order valence-electron chi connectivity index (χ4n) is 2.60. The number of benzene rings is 1. The minimum absolute atomic E-state index is 0.285. The predicted molar refractivity (Wildman–Crippen MR) is 88.5 cm³/mol. The molecule has 2 aromatic rings. The molecule has 0 spiro atoms. The summed E-state index contributed by atoms with van der Waals surface area (Å²) in [4.78, 5) is 2.29. The molecule has 0 amide bonds. The number of anilines is 1. The van der Waals surface area contributed by atoms with Crippen molar-refractivity contribution >= 4 is 5.82 Å². The number of aromatic nitrogens is 2. The van der Waals surface area contributed by atoms with E-state index < -0.39 is 0 Å². The molecule has 21 heavy (non-hydrogen) atoms. The van der Waals surface area contributed by atoms with Crippen LogP contribution in [0.5, 0.6) is 0 Å². The average Bonchev–Trinajstić information content (AvgIpc) is 2.99. The van der Waals surface area contributed by atoms with Crippen LogP contribution in [0.4, 0.5) is 5.82 Å². The third-order valence-corrected chi connectivity index (χ3v) is 3.60. The smallest absolute Gasteiger partial charge is 0.150 e. The Bertz CT molecular complexity index is 521. The fraction of sp³-hybridized carbons (Fsp3) is 0.471. The second kappa shape index (κ2) is 7.84. The summed E-state index contributed by atoms with van der Waals surface area (Å²) in [6.45, 7) is 6.80.